The maximum absolute atomic E-state index is 12.9. The van der Waals surface area contributed by atoms with Crippen LogP contribution in [0.5, 0.6) is 0 Å². The van der Waals surface area contributed by atoms with Gasteiger partial charge in [0.2, 0.25) is 29.5 Å². The van der Waals surface area contributed by atoms with Crippen LogP contribution in [0, 0.1) is 10.8 Å². The van der Waals surface area contributed by atoms with Crippen LogP contribution in [0.1, 0.15) is 235 Å². The Morgan fingerprint density at radius 2 is 0.386 bits per heavy atom. The quantitative estimate of drug-likeness (QED) is 0.0381. The lowest BCUT2D eigenvalue weighted by molar-refractivity contribution is -0.197. The largest absolute Gasteiger partial charge is 0.396 e. The Kier molecular flexibility index (Phi) is 44.2. The Morgan fingerprint density at radius 1 is 0.235 bits per heavy atom. The third-order valence-electron chi connectivity index (χ3n) is 23.5. The molecule has 5 rings (SSSR count). The molecule has 37 nitrogen and oxygen atoms in total. The van der Waals surface area contributed by atoms with E-state index in [0.717, 1.165) is 24.5 Å². The normalized spacial score (nSPS) is 15.8. The number of ether oxygens (including phenoxy) is 11. The highest BCUT2D eigenvalue weighted by Gasteiger charge is 2.44. The molecule has 0 unspecified atom stereocenters. The van der Waals surface area contributed by atoms with Gasteiger partial charge in [-0.2, -0.15) is 0 Å². The molecule has 0 saturated carbocycles. The van der Waals surface area contributed by atoms with Crippen molar-refractivity contribution in [2.75, 3.05) is 151 Å². The van der Waals surface area contributed by atoms with E-state index in [2.05, 4.69) is 26.6 Å². The smallest absolute Gasteiger partial charge is 0.253 e. The Morgan fingerprint density at radius 3 is 0.553 bits per heavy atom. The van der Waals surface area contributed by atoms with Gasteiger partial charge in [0.05, 0.1) is 153 Å². The highest BCUT2D eigenvalue weighted by atomic mass is 16.6. The van der Waals surface area contributed by atoms with E-state index in [1.54, 1.807) is 0 Å². The lowest BCUT2D eigenvalue weighted by Crippen LogP contribution is -2.50. The van der Waals surface area contributed by atoms with Gasteiger partial charge in [-0.3, -0.25) is 96.4 Å². The van der Waals surface area contributed by atoms with Crippen LogP contribution in [-0.4, -0.2) is 326 Å². The highest BCUT2D eigenvalue weighted by Crippen LogP contribution is 2.35. The molecule has 0 aromatic rings. The van der Waals surface area contributed by atoms with Crippen molar-refractivity contribution >= 4 is 88.6 Å². The van der Waals surface area contributed by atoms with Gasteiger partial charge < -0.3 is 83.8 Å². The van der Waals surface area contributed by atoms with E-state index in [1.165, 1.54) is 60.8 Å². The molecule has 15 amide bonds. The molecule has 5 heterocycles. The van der Waals surface area contributed by atoms with Crippen LogP contribution in [0.3, 0.4) is 0 Å². The summed E-state index contributed by atoms with van der Waals surface area (Å²) in [5, 5.41) is 26.4. The van der Waals surface area contributed by atoms with Gasteiger partial charge in [-0.25, -0.2) is 0 Å². The van der Waals surface area contributed by atoms with Crippen LogP contribution in [0.4, 0.5) is 0 Å². The Labute approximate surface area is 779 Å². The summed E-state index contributed by atoms with van der Waals surface area (Å²) in [5.41, 5.74) is -10.8. The SMILES string of the molecule is CC(C)(CCNC(=O)CCN1C(=O)C=CC1=O)OCCC(C)(C)OCC(CO)(COCC(COC(C)(C)CCOC(C)(C)CCNC(=O)CCN1C(=O)C=CC1=O)(COC(C)(C)CCOC(C)(C)CCNC(=O)CCN1C(=O)C=CC1=O)COC(C)(C)CCOC(C)(C)CCNC(=O)CCN1C(=O)C=CC1=O)COC(C)(C)CCOC(C)(C)CCNC(=O)CCN1C(=O)C=CC1=O. The third kappa shape index (κ3) is 42.9. The van der Waals surface area contributed by atoms with Gasteiger partial charge in [0.25, 0.3) is 59.1 Å². The van der Waals surface area contributed by atoms with Crippen LogP contribution >= 0.6 is 0 Å². The first-order chi connectivity index (χ1) is 61.3. The number of nitrogens with one attached hydrogen (secondary N) is 5. The van der Waals surface area contributed by atoms with Crippen molar-refractivity contribution in [3.05, 3.63) is 60.8 Å². The number of aliphatic hydroxyl groups excluding tert-OH is 1. The van der Waals surface area contributed by atoms with Crippen LogP contribution in [0.15, 0.2) is 60.8 Å². The molecule has 6 N–H and O–H groups in total. The molecule has 0 spiro atoms. The predicted octanol–water partition coefficient (Wildman–Crippen LogP) is 5.98. The zero-order chi connectivity index (χ0) is 98.8. The van der Waals surface area contributed by atoms with Crippen LogP contribution in [-0.2, 0) is 124 Å². The topological polar surface area (TPSA) is 454 Å². The molecule has 0 aliphatic carbocycles. The molecule has 0 radical (unpaired) electrons. The van der Waals surface area contributed by atoms with Crippen LogP contribution in [0.25, 0.3) is 0 Å². The molecule has 132 heavy (non-hydrogen) atoms. The van der Waals surface area contributed by atoms with Crippen molar-refractivity contribution in [2.45, 2.75) is 291 Å². The summed E-state index contributed by atoms with van der Waals surface area (Å²) in [7, 11) is 0. The number of carbonyl (C=O) groups excluding carboxylic acids is 15. The number of hydrogen-bond donors (Lipinski definition) is 6. The molecule has 0 atom stereocenters. The minimum atomic E-state index is -1.30. The molecule has 0 saturated heterocycles. The summed E-state index contributed by atoms with van der Waals surface area (Å²) < 4.78 is 74.7. The fourth-order valence-electron chi connectivity index (χ4n) is 13.6. The summed E-state index contributed by atoms with van der Waals surface area (Å²) in [6.07, 6.45) is 15.2. The van der Waals surface area contributed by atoms with E-state index in [9.17, 15) is 77.0 Å². The van der Waals surface area contributed by atoms with Crippen molar-refractivity contribution < 1.29 is 129 Å². The van der Waals surface area contributed by atoms with Crippen molar-refractivity contribution in [2.24, 2.45) is 10.8 Å². The number of rotatable bonds is 70. The van der Waals surface area contributed by atoms with Gasteiger partial charge in [0.15, 0.2) is 0 Å². The van der Waals surface area contributed by atoms with Crippen molar-refractivity contribution in [3.63, 3.8) is 0 Å². The summed E-state index contributed by atoms with van der Waals surface area (Å²) >= 11 is 0. The van der Waals surface area contributed by atoms with Crippen molar-refractivity contribution in [1.82, 2.24) is 51.1 Å². The standard InChI is InChI=1S/C95H152N10O27/c1-84(2,36-46-96-69(107)31-51-101-74(112)21-22-75(101)113)123-56-41-89(11,12)128-64-94(61-106,65-129-90(13,14)42-57-124-85(3,4)37-47-97-70(108)32-52-102-76(114)23-24-77(102)115)62-122-63-95(66-130-91(15,16)43-58-125-86(5,6)38-48-98-71(109)33-53-103-78(116)25-26-79(103)117,67-131-92(17,18)44-59-126-87(7,8)39-49-99-72(110)34-54-104-80(118)27-28-81(104)119)68-132-93(19,20)45-60-127-88(9,10)40-50-100-73(111)35-55-105-82(120)29-30-83(105)121/h21-30,106H,31-68H2,1-20H3,(H,96,107)(H,97,108)(H,98,109)(H,99,110)(H,100,111). The zero-order valence-electron chi connectivity index (χ0n) is 81.9. The second-order valence-corrected chi connectivity index (χ2v) is 40.7. The monoisotopic (exact) mass is 1870 g/mol. The fourth-order valence-corrected chi connectivity index (χ4v) is 13.6. The lowest BCUT2D eigenvalue weighted by atomic mass is 9.88. The fraction of sp³-hybridized carbons (Fsp3) is 0.737. The maximum Gasteiger partial charge on any atom is 0.253 e. The van der Waals surface area contributed by atoms with Gasteiger partial charge in [-0.15, -0.1) is 0 Å². The van der Waals surface area contributed by atoms with Crippen molar-refractivity contribution in [1.29, 1.82) is 0 Å². The first-order valence-electron chi connectivity index (χ1n) is 45.9. The van der Waals surface area contributed by atoms with E-state index in [0.29, 0.717) is 64.2 Å². The average molecular weight is 1870 g/mol. The number of amides is 15. The molecular formula is C95H152N10O27. The van der Waals surface area contributed by atoms with E-state index in [4.69, 9.17) is 52.1 Å². The van der Waals surface area contributed by atoms with Crippen LogP contribution in [0.2, 0.25) is 0 Å². The van der Waals surface area contributed by atoms with Gasteiger partial charge >= 0.3 is 0 Å². The van der Waals surface area contributed by atoms with Gasteiger partial charge in [0, 0.05) is 158 Å². The minimum absolute atomic E-state index is 0.0492. The number of carbonyl (C=O) groups is 15. The molecular weight excluding hydrogens is 1710 g/mol. The van der Waals surface area contributed by atoms with E-state index in [1.807, 2.05) is 138 Å². The predicted molar refractivity (Wildman–Crippen MR) is 487 cm³/mol. The van der Waals surface area contributed by atoms with E-state index < -0.39 is 133 Å². The van der Waals surface area contributed by atoms with Gasteiger partial charge in [-0.1, -0.05) is 0 Å². The second kappa shape index (κ2) is 51.3. The van der Waals surface area contributed by atoms with E-state index >= 15 is 0 Å². The molecule has 5 aliphatic heterocycles. The minimum Gasteiger partial charge on any atom is -0.396 e. The van der Waals surface area contributed by atoms with Crippen LogP contribution < -0.4 is 26.6 Å². The first kappa shape index (κ1) is 114. The molecule has 0 bridgehead atoms. The second-order valence-electron chi connectivity index (χ2n) is 40.7. The molecule has 744 valence electrons. The maximum atomic E-state index is 12.9. The molecule has 0 fully saturated rings. The molecule has 5 aliphatic rings. The van der Waals surface area contributed by atoms with Gasteiger partial charge in [-0.05, 0) is 203 Å². The summed E-state index contributed by atoms with van der Waals surface area (Å²) in [5.74, 6) is -6.40. The highest BCUT2D eigenvalue weighted by molar-refractivity contribution is 6.15. The number of hydrogen-bond acceptors (Lipinski definition) is 27. The summed E-state index contributed by atoms with van der Waals surface area (Å²) in [6, 6.07) is 0. The lowest BCUT2D eigenvalue weighted by Gasteiger charge is -2.42. The first-order valence-corrected chi connectivity index (χ1v) is 45.9. The Hall–Kier alpha value is -8.73. The summed E-state index contributed by atoms with van der Waals surface area (Å²) in [6.45, 7) is 39.2. The van der Waals surface area contributed by atoms with E-state index in [-0.39, 0.29) is 206 Å². The molecule has 0 aromatic carbocycles. The number of nitrogens with zero attached hydrogens (tertiary/aromatic N) is 5. The third-order valence-corrected chi connectivity index (χ3v) is 23.5. The van der Waals surface area contributed by atoms with Gasteiger partial charge in [0.1, 0.15) is 0 Å². The zero-order valence-corrected chi connectivity index (χ0v) is 81.9. The Bertz CT molecular complexity index is 3690. The average Bonchev–Trinajstić information content (AvgIpc) is 1.69. The molecule has 0 aromatic heterocycles. The summed E-state index contributed by atoms with van der Waals surface area (Å²) in [4.78, 5) is 191. The molecule has 37 heteroatoms. The number of aliphatic hydroxyl groups is 1. The van der Waals surface area contributed by atoms with Crippen molar-refractivity contribution in [3.8, 4) is 0 Å². The number of imide groups is 5. The Balaban J connectivity index is 1.43.